The van der Waals surface area contributed by atoms with Crippen LogP contribution in [0.1, 0.15) is 50.2 Å². The van der Waals surface area contributed by atoms with Gasteiger partial charge in [0.1, 0.15) is 5.82 Å². The molecule has 1 aromatic rings. The molecule has 1 aliphatic carbocycles. The van der Waals surface area contributed by atoms with E-state index in [1.165, 1.54) is 25.3 Å². The summed E-state index contributed by atoms with van der Waals surface area (Å²) in [6, 6.07) is 5.48. The maximum atomic E-state index is 13.7. The van der Waals surface area contributed by atoms with Crippen LogP contribution in [-0.2, 0) is 0 Å². The van der Waals surface area contributed by atoms with E-state index in [0.29, 0.717) is 17.2 Å². The van der Waals surface area contributed by atoms with Crippen LogP contribution < -0.4 is 5.32 Å². The van der Waals surface area contributed by atoms with Crippen molar-refractivity contribution < 1.29 is 4.39 Å². The van der Waals surface area contributed by atoms with E-state index in [-0.39, 0.29) is 5.82 Å². The highest BCUT2D eigenvalue weighted by molar-refractivity contribution is 5.56. The Hall–Kier alpha value is -1.56. The fourth-order valence-corrected chi connectivity index (χ4v) is 2.83. The first-order chi connectivity index (χ1) is 9.13. The van der Waals surface area contributed by atoms with Crippen molar-refractivity contribution in [3.63, 3.8) is 0 Å². The van der Waals surface area contributed by atoms with Gasteiger partial charge in [-0.25, -0.2) is 4.39 Å². The largest absolute Gasteiger partial charge is 0.382 e. The Kier molecular flexibility index (Phi) is 4.42. The highest BCUT2D eigenvalue weighted by Crippen LogP contribution is 2.30. The molecule has 2 rings (SSSR count). The molecule has 1 saturated carbocycles. The van der Waals surface area contributed by atoms with Crippen LogP contribution in [0.15, 0.2) is 12.1 Å². The first-order valence-corrected chi connectivity index (χ1v) is 7.10. The summed E-state index contributed by atoms with van der Waals surface area (Å²) in [5, 5.41) is 12.3. The zero-order valence-corrected chi connectivity index (χ0v) is 11.7. The van der Waals surface area contributed by atoms with Gasteiger partial charge < -0.3 is 5.32 Å². The zero-order chi connectivity index (χ0) is 13.8. The summed E-state index contributed by atoms with van der Waals surface area (Å²) in [6.45, 7) is 4.00. The number of nitrogens with zero attached hydrogens (tertiary/aromatic N) is 1. The van der Waals surface area contributed by atoms with Crippen molar-refractivity contribution in [2.24, 2.45) is 5.92 Å². The first kappa shape index (κ1) is 13.9. The molecule has 19 heavy (non-hydrogen) atoms. The molecule has 0 saturated heterocycles. The first-order valence-electron chi connectivity index (χ1n) is 7.10. The molecule has 0 amide bonds. The van der Waals surface area contributed by atoms with E-state index in [4.69, 9.17) is 5.26 Å². The minimum Gasteiger partial charge on any atom is -0.382 e. The summed E-state index contributed by atoms with van der Waals surface area (Å²) in [5.74, 6) is 0.546. The van der Waals surface area contributed by atoms with Gasteiger partial charge in [-0.05, 0) is 50.7 Å². The van der Waals surface area contributed by atoms with Crippen molar-refractivity contribution >= 4 is 5.69 Å². The minimum absolute atomic E-state index is 0.302. The number of hydrogen-bond donors (Lipinski definition) is 1. The van der Waals surface area contributed by atoms with Gasteiger partial charge in [0, 0.05) is 17.3 Å². The lowest BCUT2D eigenvalue weighted by Crippen LogP contribution is -2.26. The van der Waals surface area contributed by atoms with Gasteiger partial charge >= 0.3 is 0 Å². The van der Waals surface area contributed by atoms with E-state index in [2.05, 4.69) is 12.2 Å². The summed E-state index contributed by atoms with van der Waals surface area (Å²) in [5.41, 5.74) is 1.76. The molecule has 0 heterocycles. The van der Waals surface area contributed by atoms with Gasteiger partial charge in [-0.3, -0.25) is 0 Å². The number of halogens is 1. The topological polar surface area (TPSA) is 35.8 Å². The van der Waals surface area contributed by atoms with E-state index in [1.54, 1.807) is 13.0 Å². The molecule has 0 aliphatic heterocycles. The van der Waals surface area contributed by atoms with Crippen molar-refractivity contribution in [1.82, 2.24) is 0 Å². The quantitative estimate of drug-likeness (QED) is 0.875. The second-order valence-electron chi connectivity index (χ2n) is 5.51. The van der Waals surface area contributed by atoms with E-state index >= 15 is 0 Å². The van der Waals surface area contributed by atoms with Crippen LogP contribution in [0.2, 0.25) is 0 Å². The van der Waals surface area contributed by atoms with E-state index in [0.717, 1.165) is 24.4 Å². The Bertz CT molecular complexity index is 482. The number of benzene rings is 1. The number of hydrogen-bond acceptors (Lipinski definition) is 2. The van der Waals surface area contributed by atoms with Gasteiger partial charge in [-0.2, -0.15) is 5.26 Å². The highest BCUT2D eigenvalue weighted by Gasteiger charge is 2.20. The van der Waals surface area contributed by atoms with Crippen LogP contribution in [0.4, 0.5) is 10.1 Å². The lowest BCUT2D eigenvalue weighted by Gasteiger charge is -2.29. The van der Waals surface area contributed by atoms with Crippen molar-refractivity contribution in [1.29, 1.82) is 5.26 Å². The van der Waals surface area contributed by atoms with Gasteiger partial charge in [-0.1, -0.05) is 13.3 Å². The molecule has 1 aliphatic rings. The molecule has 0 radical (unpaired) electrons. The molecule has 2 nitrogen and oxygen atoms in total. The highest BCUT2D eigenvalue weighted by atomic mass is 19.1. The molecule has 0 atom stereocenters. The number of rotatable bonds is 3. The lowest BCUT2D eigenvalue weighted by atomic mass is 9.84. The Labute approximate surface area is 114 Å². The SMILES string of the molecule is CCC1CCC(Nc2cc(C#N)cc(F)c2C)CC1. The summed E-state index contributed by atoms with van der Waals surface area (Å²) >= 11 is 0. The fraction of sp³-hybridized carbons (Fsp3) is 0.562. The van der Waals surface area contributed by atoms with E-state index < -0.39 is 0 Å². The molecule has 102 valence electrons. The Morgan fingerprint density at radius 2 is 2.00 bits per heavy atom. The molecule has 1 N–H and O–H groups in total. The fourth-order valence-electron chi connectivity index (χ4n) is 2.83. The second kappa shape index (κ2) is 6.06. The zero-order valence-electron chi connectivity index (χ0n) is 11.7. The average Bonchev–Trinajstić information content (AvgIpc) is 2.44. The standard InChI is InChI=1S/C16H21FN2/c1-3-12-4-6-14(7-5-12)19-16-9-13(10-18)8-15(17)11(16)2/h8-9,12,14,19H,3-7H2,1-2H3. The Morgan fingerprint density at radius 1 is 1.32 bits per heavy atom. The summed E-state index contributed by atoms with van der Waals surface area (Å²) in [7, 11) is 0. The Morgan fingerprint density at radius 3 is 2.58 bits per heavy atom. The van der Waals surface area contributed by atoms with Crippen LogP contribution in [0.3, 0.4) is 0 Å². The summed E-state index contributed by atoms with van der Waals surface area (Å²) in [6.07, 6.45) is 6.01. The van der Waals surface area contributed by atoms with Gasteiger partial charge in [0.15, 0.2) is 0 Å². The van der Waals surface area contributed by atoms with Gasteiger partial charge in [0.2, 0.25) is 0 Å². The minimum atomic E-state index is -0.302. The number of nitriles is 1. The van der Waals surface area contributed by atoms with Crippen LogP contribution in [0.25, 0.3) is 0 Å². The predicted molar refractivity (Wildman–Crippen MR) is 75.5 cm³/mol. The smallest absolute Gasteiger partial charge is 0.129 e. The predicted octanol–water partition coefficient (Wildman–Crippen LogP) is 4.39. The summed E-state index contributed by atoms with van der Waals surface area (Å²) < 4.78 is 13.7. The third kappa shape index (κ3) is 3.26. The normalized spacial score (nSPS) is 22.8. The van der Waals surface area contributed by atoms with Crippen molar-refractivity contribution in [2.75, 3.05) is 5.32 Å². The molecule has 0 unspecified atom stereocenters. The lowest BCUT2D eigenvalue weighted by molar-refractivity contribution is 0.330. The second-order valence-corrected chi connectivity index (χ2v) is 5.51. The summed E-state index contributed by atoms with van der Waals surface area (Å²) in [4.78, 5) is 0. The molecule has 3 heteroatoms. The third-order valence-electron chi connectivity index (χ3n) is 4.26. The average molecular weight is 260 g/mol. The van der Waals surface area contributed by atoms with Crippen molar-refractivity contribution in [3.05, 3.63) is 29.1 Å². The van der Waals surface area contributed by atoms with Crippen molar-refractivity contribution in [3.8, 4) is 6.07 Å². The molecular weight excluding hydrogens is 239 g/mol. The van der Waals surface area contributed by atoms with E-state index in [9.17, 15) is 4.39 Å². The van der Waals surface area contributed by atoms with Crippen LogP contribution in [0.5, 0.6) is 0 Å². The maximum absolute atomic E-state index is 13.7. The van der Waals surface area contributed by atoms with Gasteiger partial charge in [-0.15, -0.1) is 0 Å². The third-order valence-corrected chi connectivity index (χ3v) is 4.26. The van der Waals surface area contributed by atoms with Gasteiger partial charge in [0.05, 0.1) is 11.6 Å². The van der Waals surface area contributed by atoms with Crippen LogP contribution >= 0.6 is 0 Å². The maximum Gasteiger partial charge on any atom is 0.129 e. The number of nitrogens with one attached hydrogen (secondary N) is 1. The molecule has 1 fully saturated rings. The molecular formula is C16H21FN2. The van der Waals surface area contributed by atoms with Crippen LogP contribution in [0, 0.1) is 30.0 Å². The molecule has 1 aromatic carbocycles. The molecule has 0 aromatic heterocycles. The molecule has 0 bridgehead atoms. The van der Waals surface area contributed by atoms with Crippen molar-refractivity contribution in [2.45, 2.75) is 52.0 Å². The monoisotopic (exact) mass is 260 g/mol. The molecule has 0 spiro atoms. The van der Waals surface area contributed by atoms with Crippen LogP contribution in [-0.4, -0.2) is 6.04 Å². The Balaban J connectivity index is 2.07. The van der Waals surface area contributed by atoms with E-state index in [1.807, 2.05) is 6.07 Å². The number of anilines is 1. The van der Waals surface area contributed by atoms with Gasteiger partial charge in [0.25, 0.3) is 0 Å².